The van der Waals surface area contributed by atoms with Gasteiger partial charge in [-0.2, -0.15) is 0 Å². The van der Waals surface area contributed by atoms with Gasteiger partial charge in [0, 0.05) is 32.9 Å². The summed E-state index contributed by atoms with van der Waals surface area (Å²) in [5.74, 6) is 11.7. The Hall–Kier alpha value is -4.32. The van der Waals surface area contributed by atoms with Crippen LogP contribution in [0.3, 0.4) is 0 Å². The molecule has 0 unspecified atom stereocenters. The van der Waals surface area contributed by atoms with E-state index in [-0.39, 0.29) is 16.2 Å². The van der Waals surface area contributed by atoms with E-state index in [0.717, 1.165) is 87.8 Å². The van der Waals surface area contributed by atoms with E-state index in [4.69, 9.17) is 31.4 Å². The molecule has 0 radical (unpaired) electrons. The average Bonchev–Trinajstić information content (AvgIpc) is 3.19. The van der Waals surface area contributed by atoms with Gasteiger partial charge in [0.2, 0.25) is 0 Å². The number of hydrogen-bond acceptors (Lipinski definition) is 6. The Morgan fingerprint density at radius 3 is 0.717 bits per heavy atom. The third kappa shape index (κ3) is 5.56. The van der Waals surface area contributed by atoms with Gasteiger partial charge >= 0.3 is 0 Å². The molecule has 0 amide bonds. The largest absolute Gasteiger partial charge is 0.454 e. The molecule has 0 heterocycles. The minimum Gasteiger partial charge on any atom is -0.454 e. The standard InChI is InChI=1S/C54H63N3O3/c55-40-7-1-4-10-43(40)58-49-46(52-22-31-13-32(23-52)15-33(14-31)24-52)50(59-44-11-5-2-8-41(44)56)48(54-28-37-19-38(29-54)21-39(20-37)30-54)51(60-45-12-6-3-9-42(45)57)47(49)53-25-34-16-35(26-53)18-36(17-34)27-53/h1-12,31-39H,13-30,55-57H2. The van der Waals surface area contributed by atoms with Gasteiger partial charge in [0.05, 0.1) is 17.1 Å². The van der Waals surface area contributed by atoms with Crippen molar-refractivity contribution in [3.63, 3.8) is 0 Å². The number of nitrogens with two attached hydrogens (primary N) is 3. The van der Waals surface area contributed by atoms with E-state index < -0.39 is 0 Å². The van der Waals surface area contributed by atoms with E-state index in [1.165, 1.54) is 132 Å². The summed E-state index contributed by atoms with van der Waals surface area (Å²) in [6, 6.07) is 24.6. The highest BCUT2D eigenvalue weighted by molar-refractivity contribution is 5.74. The van der Waals surface area contributed by atoms with Gasteiger partial charge in [0.1, 0.15) is 34.5 Å². The molecule has 0 spiro atoms. The molecule has 6 N–H and O–H groups in total. The summed E-state index contributed by atoms with van der Waals surface area (Å²) in [5.41, 5.74) is 26.6. The molecule has 6 heteroatoms. The monoisotopic (exact) mass is 801 g/mol. The number of anilines is 3. The Morgan fingerprint density at radius 1 is 0.317 bits per heavy atom. The Kier molecular flexibility index (Phi) is 7.93. The smallest absolute Gasteiger partial charge is 0.150 e. The second-order valence-corrected chi connectivity index (χ2v) is 22.6. The summed E-state index contributed by atoms with van der Waals surface area (Å²) in [6.07, 6.45) is 22.9. The van der Waals surface area contributed by atoms with Crippen LogP contribution in [-0.4, -0.2) is 0 Å². The summed E-state index contributed by atoms with van der Waals surface area (Å²) < 4.78 is 23.4. The molecule has 6 nitrogen and oxygen atoms in total. The number of rotatable bonds is 9. The van der Waals surface area contributed by atoms with Crippen LogP contribution in [-0.2, 0) is 16.2 Å². The van der Waals surface area contributed by atoms with E-state index in [0.29, 0.717) is 17.1 Å². The van der Waals surface area contributed by atoms with Crippen LogP contribution in [0.1, 0.15) is 132 Å². The van der Waals surface area contributed by atoms with E-state index in [2.05, 4.69) is 36.4 Å². The lowest BCUT2D eigenvalue weighted by atomic mass is 9.44. The number of nitrogen functional groups attached to an aromatic ring is 3. The van der Waals surface area contributed by atoms with Crippen molar-refractivity contribution in [2.75, 3.05) is 17.2 Å². The van der Waals surface area contributed by atoms with E-state index in [1.54, 1.807) is 0 Å². The third-order valence-electron chi connectivity index (χ3n) is 18.5. The van der Waals surface area contributed by atoms with Crippen LogP contribution >= 0.6 is 0 Å². The Balaban J connectivity index is 1.19. The topological polar surface area (TPSA) is 106 Å². The molecule has 0 aliphatic heterocycles. The summed E-state index contributed by atoms with van der Waals surface area (Å²) >= 11 is 0. The fourth-order valence-corrected chi connectivity index (χ4v) is 17.7. The fourth-order valence-electron chi connectivity index (χ4n) is 17.7. The first-order chi connectivity index (χ1) is 29.2. The molecule has 4 aromatic rings. The lowest BCUT2D eigenvalue weighted by Gasteiger charge is -2.61. The number of ether oxygens (including phenoxy) is 3. The molecule has 0 atom stereocenters. The predicted molar refractivity (Wildman–Crippen MR) is 239 cm³/mol. The van der Waals surface area contributed by atoms with Crippen LogP contribution in [0.25, 0.3) is 0 Å². The van der Waals surface area contributed by atoms with Gasteiger partial charge in [-0.3, -0.25) is 0 Å². The maximum Gasteiger partial charge on any atom is 0.150 e. The highest BCUT2D eigenvalue weighted by atomic mass is 16.5. The molecule has 60 heavy (non-hydrogen) atoms. The first-order valence-corrected chi connectivity index (χ1v) is 24.0. The zero-order valence-corrected chi connectivity index (χ0v) is 35.3. The van der Waals surface area contributed by atoms with Crippen molar-refractivity contribution in [2.45, 2.75) is 132 Å². The highest BCUT2D eigenvalue weighted by Gasteiger charge is 2.61. The van der Waals surface area contributed by atoms with Gasteiger partial charge in [-0.1, -0.05) is 36.4 Å². The van der Waals surface area contributed by atoms with Crippen molar-refractivity contribution >= 4 is 17.1 Å². The van der Waals surface area contributed by atoms with Crippen LogP contribution in [0.4, 0.5) is 17.1 Å². The highest BCUT2D eigenvalue weighted by Crippen LogP contribution is 2.73. The van der Waals surface area contributed by atoms with Crippen molar-refractivity contribution in [3.8, 4) is 34.5 Å². The Bertz CT molecular complexity index is 1990. The molecule has 12 bridgehead atoms. The molecule has 0 saturated heterocycles. The maximum atomic E-state index is 7.79. The van der Waals surface area contributed by atoms with Crippen molar-refractivity contribution < 1.29 is 14.2 Å². The van der Waals surface area contributed by atoms with Gasteiger partial charge in [0.15, 0.2) is 0 Å². The number of benzene rings is 4. The first kappa shape index (κ1) is 36.3. The normalized spacial score (nSPS) is 38.7. The molecular formula is C54H63N3O3. The van der Waals surface area contributed by atoms with Gasteiger partial charge < -0.3 is 31.4 Å². The molecule has 312 valence electrons. The minimum atomic E-state index is -0.0785. The number of para-hydroxylation sites is 6. The SMILES string of the molecule is Nc1ccccc1Oc1c(C23CC4CC(CC(C4)C2)C3)c(Oc2ccccc2N)c(C23CC4CC(CC(C4)C2)C3)c(Oc2ccccc2N)c1C12CC3CC(CC(C3)C1)C2. The predicted octanol–water partition coefficient (Wildman–Crippen LogP) is 13.2. The van der Waals surface area contributed by atoms with Gasteiger partial charge in [0.25, 0.3) is 0 Å². The van der Waals surface area contributed by atoms with Crippen LogP contribution in [0, 0.1) is 53.3 Å². The van der Waals surface area contributed by atoms with Crippen LogP contribution in [0.15, 0.2) is 72.8 Å². The van der Waals surface area contributed by atoms with Crippen molar-refractivity contribution in [1.82, 2.24) is 0 Å². The molecule has 12 saturated carbocycles. The van der Waals surface area contributed by atoms with Crippen LogP contribution < -0.4 is 31.4 Å². The van der Waals surface area contributed by atoms with Gasteiger partial charge in [-0.05, 0) is 205 Å². The van der Waals surface area contributed by atoms with E-state index in [9.17, 15) is 0 Å². The maximum absolute atomic E-state index is 7.79. The average molecular weight is 802 g/mol. The van der Waals surface area contributed by atoms with Crippen molar-refractivity contribution in [3.05, 3.63) is 89.5 Å². The second-order valence-electron chi connectivity index (χ2n) is 22.6. The molecule has 12 aliphatic rings. The third-order valence-corrected chi connectivity index (χ3v) is 18.5. The summed E-state index contributed by atoms with van der Waals surface area (Å²) in [5, 5.41) is 0. The molecule has 12 fully saturated rings. The molecular weight excluding hydrogens is 739 g/mol. The summed E-state index contributed by atoms with van der Waals surface area (Å²) in [7, 11) is 0. The second kappa shape index (κ2) is 13.1. The summed E-state index contributed by atoms with van der Waals surface area (Å²) in [6.45, 7) is 0. The lowest BCUT2D eigenvalue weighted by Crippen LogP contribution is -2.52. The molecule has 0 aromatic heterocycles. The van der Waals surface area contributed by atoms with Crippen molar-refractivity contribution in [1.29, 1.82) is 0 Å². The van der Waals surface area contributed by atoms with Gasteiger partial charge in [-0.25, -0.2) is 0 Å². The molecule has 12 aliphatic carbocycles. The molecule has 4 aromatic carbocycles. The Morgan fingerprint density at radius 2 is 0.517 bits per heavy atom. The fraction of sp³-hybridized carbons (Fsp3) is 0.556. The zero-order valence-electron chi connectivity index (χ0n) is 35.3. The quantitative estimate of drug-likeness (QED) is 0.146. The minimum absolute atomic E-state index is 0.0785. The van der Waals surface area contributed by atoms with E-state index >= 15 is 0 Å². The zero-order chi connectivity index (χ0) is 40.0. The van der Waals surface area contributed by atoms with Crippen molar-refractivity contribution in [2.24, 2.45) is 53.3 Å². The summed E-state index contributed by atoms with van der Waals surface area (Å²) in [4.78, 5) is 0. The number of hydrogen-bond donors (Lipinski definition) is 3. The lowest BCUT2D eigenvalue weighted by molar-refractivity contribution is -0.0152. The van der Waals surface area contributed by atoms with Gasteiger partial charge in [-0.15, -0.1) is 0 Å². The molecule has 16 rings (SSSR count). The first-order valence-electron chi connectivity index (χ1n) is 24.0. The van der Waals surface area contributed by atoms with Crippen LogP contribution in [0.2, 0.25) is 0 Å². The van der Waals surface area contributed by atoms with Crippen LogP contribution in [0.5, 0.6) is 34.5 Å². The Labute approximate surface area is 356 Å². The van der Waals surface area contributed by atoms with E-state index in [1.807, 2.05) is 36.4 Å².